The van der Waals surface area contributed by atoms with Gasteiger partial charge in [0.05, 0.1) is 6.61 Å². The minimum atomic E-state index is 0.283. The van der Waals surface area contributed by atoms with Crippen LogP contribution in [0, 0.1) is 0 Å². The average Bonchev–Trinajstić information content (AvgIpc) is 2.83. The second-order valence-corrected chi connectivity index (χ2v) is 5.11. The van der Waals surface area contributed by atoms with Gasteiger partial charge in [-0.05, 0) is 55.8 Å². The first-order valence-electron chi connectivity index (χ1n) is 7.45. The Balaban J connectivity index is 1.92. The smallest absolute Gasteiger partial charge is 0.122 e. The molecule has 3 nitrogen and oxygen atoms in total. The fourth-order valence-electron chi connectivity index (χ4n) is 2.79. The molecule has 1 aromatic rings. The fourth-order valence-corrected chi connectivity index (χ4v) is 2.79. The Morgan fingerprint density at radius 1 is 1.32 bits per heavy atom. The summed E-state index contributed by atoms with van der Waals surface area (Å²) in [5.74, 6) is 1.06. The number of rotatable bonds is 8. The number of benzene rings is 1. The Bertz CT molecular complexity index is 392. The van der Waals surface area contributed by atoms with Gasteiger partial charge in [-0.2, -0.15) is 0 Å². The van der Waals surface area contributed by atoms with Crippen molar-refractivity contribution in [3.05, 3.63) is 29.3 Å². The third kappa shape index (κ3) is 3.71. The van der Waals surface area contributed by atoms with Gasteiger partial charge in [0.1, 0.15) is 5.75 Å². The minimum Gasteiger partial charge on any atom is -0.493 e. The van der Waals surface area contributed by atoms with Crippen LogP contribution in [-0.2, 0) is 6.42 Å². The monoisotopic (exact) mass is 263 g/mol. The summed E-state index contributed by atoms with van der Waals surface area (Å²) in [6.07, 6.45) is 5.21. The highest BCUT2D eigenvalue weighted by Crippen LogP contribution is 2.36. The summed E-state index contributed by atoms with van der Waals surface area (Å²) in [4.78, 5) is 0. The fraction of sp³-hybridized carbons (Fsp3) is 0.625. The van der Waals surface area contributed by atoms with Crippen LogP contribution in [0.25, 0.3) is 0 Å². The molecule has 0 amide bonds. The van der Waals surface area contributed by atoms with Gasteiger partial charge >= 0.3 is 0 Å². The van der Waals surface area contributed by atoms with Crippen molar-refractivity contribution in [2.45, 2.75) is 45.1 Å². The molecule has 19 heavy (non-hydrogen) atoms. The molecule has 0 saturated carbocycles. The Kier molecular flexibility index (Phi) is 5.67. The summed E-state index contributed by atoms with van der Waals surface area (Å²) in [6, 6.07) is 6.89. The standard InChI is InChI=1S/C16H25NO2/c1-2-17-15-10-9-14-13(15)7-6-8-16(14)19-12-5-3-4-11-18/h6-8,15,17-18H,2-5,9-12H2,1H3. The van der Waals surface area contributed by atoms with E-state index in [0.29, 0.717) is 6.04 Å². The molecule has 0 heterocycles. The van der Waals surface area contributed by atoms with E-state index in [4.69, 9.17) is 9.84 Å². The van der Waals surface area contributed by atoms with E-state index in [1.165, 1.54) is 17.5 Å². The normalized spacial score (nSPS) is 17.5. The molecule has 1 aliphatic rings. The summed E-state index contributed by atoms with van der Waals surface area (Å²) in [7, 11) is 0. The van der Waals surface area contributed by atoms with Crippen LogP contribution >= 0.6 is 0 Å². The minimum absolute atomic E-state index is 0.283. The predicted molar refractivity (Wildman–Crippen MR) is 77.6 cm³/mol. The van der Waals surface area contributed by atoms with Crippen molar-refractivity contribution in [3.63, 3.8) is 0 Å². The van der Waals surface area contributed by atoms with Gasteiger partial charge in [-0.15, -0.1) is 0 Å². The predicted octanol–water partition coefficient (Wildman–Crippen LogP) is 2.82. The zero-order chi connectivity index (χ0) is 13.5. The van der Waals surface area contributed by atoms with Gasteiger partial charge in [0, 0.05) is 12.6 Å². The highest BCUT2D eigenvalue weighted by Gasteiger charge is 2.24. The molecule has 0 aliphatic heterocycles. The highest BCUT2D eigenvalue weighted by molar-refractivity contribution is 5.45. The number of nitrogens with one attached hydrogen (secondary N) is 1. The van der Waals surface area contributed by atoms with Crippen LogP contribution in [-0.4, -0.2) is 24.9 Å². The third-order valence-electron chi connectivity index (χ3n) is 3.74. The van der Waals surface area contributed by atoms with Gasteiger partial charge in [-0.1, -0.05) is 19.1 Å². The molecule has 0 spiro atoms. The van der Waals surface area contributed by atoms with Gasteiger partial charge in [0.25, 0.3) is 0 Å². The molecule has 1 aliphatic carbocycles. The second kappa shape index (κ2) is 7.51. The van der Waals surface area contributed by atoms with Gasteiger partial charge in [0.2, 0.25) is 0 Å². The van der Waals surface area contributed by atoms with Crippen LogP contribution in [0.2, 0.25) is 0 Å². The average molecular weight is 263 g/mol. The van der Waals surface area contributed by atoms with E-state index in [9.17, 15) is 0 Å². The molecule has 2 rings (SSSR count). The number of aliphatic hydroxyl groups is 1. The quantitative estimate of drug-likeness (QED) is 0.709. The summed E-state index contributed by atoms with van der Waals surface area (Å²) in [5, 5.41) is 12.3. The van der Waals surface area contributed by atoms with E-state index >= 15 is 0 Å². The summed E-state index contributed by atoms with van der Waals surface area (Å²) >= 11 is 0. The molecule has 0 saturated heterocycles. The van der Waals surface area contributed by atoms with E-state index in [1.807, 2.05) is 0 Å². The molecule has 1 atom stereocenters. The number of fused-ring (bicyclic) bond motifs is 1. The first-order chi connectivity index (χ1) is 9.36. The van der Waals surface area contributed by atoms with Crippen LogP contribution in [0.5, 0.6) is 5.75 Å². The molecule has 0 radical (unpaired) electrons. The summed E-state index contributed by atoms with van der Waals surface area (Å²) in [6.45, 7) is 4.20. The lowest BCUT2D eigenvalue weighted by Crippen LogP contribution is -2.18. The van der Waals surface area contributed by atoms with E-state index < -0.39 is 0 Å². The topological polar surface area (TPSA) is 41.5 Å². The maximum Gasteiger partial charge on any atom is 0.122 e. The maximum absolute atomic E-state index is 8.74. The van der Waals surface area contributed by atoms with Crippen molar-refractivity contribution in [2.75, 3.05) is 19.8 Å². The van der Waals surface area contributed by atoms with Crippen molar-refractivity contribution in [1.82, 2.24) is 5.32 Å². The first-order valence-corrected chi connectivity index (χ1v) is 7.45. The number of hydrogen-bond acceptors (Lipinski definition) is 3. The van der Waals surface area contributed by atoms with Gasteiger partial charge in [0.15, 0.2) is 0 Å². The molecular formula is C16H25NO2. The summed E-state index contributed by atoms with van der Waals surface area (Å²) < 4.78 is 5.91. The third-order valence-corrected chi connectivity index (χ3v) is 3.74. The van der Waals surface area contributed by atoms with Crippen molar-refractivity contribution < 1.29 is 9.84 Å². The lowest BCUT2D eigenvalue weighted by Gasteiger charge is -2.14. The largest absolute Gasteiger partial charge is 0.493 e. The molecule has 0 fully saturated rings. The lowest BCUT2D eigenvalue weighted by atomic mass is 10.1. The van der Waals surface area contributed by atoms with E-state index in [0.717, 1.165) is 44.6 Å². The zero-order valence-electron chi connectivity index (χ0n) is 11.8. The van der Waals surface area contributed by atoms with Crippen LogP contribution in [0.4, 0.5) is 0 Å². The zero-order valence-corrected chi connectivity index (χ0v) is 11.8. The van der Waals surface area contributed by atoms with Crippen LogP contribution in [0.3, 0.4) is 0 Å². The molecule has 2 N–H and O–H groups in total. The molecule has 1 aromatic carbocycles. The Morgan fingerprint density at radius 2 is 2.21 bits per heavy atom. The van der Waals surface area contributed by atoms with E-state index in [-0.39, 0.29) is 6.61 Å². The lowest BCUT2D eigenvalue weighted by molar-refractivity contribution is 0.265. The van der Waals surface area contributed by atoms with Crippen molar-refractivity contribution in [1.29, 1.82) is 0 Å². The molecule has 1 unspecified atom stereocenters. The Hall–Kier alpha value is -1.06. The van der Waals surface area contributed by atoms with Gasteiger partial charge in [-0.25, -0.2) is 0 Å². The molecule has 0 aromatic heterocycles. The molecular weight excluding hydrogens is 238 g/mol. The Labute approximate surface area is 116 Å². The van der Waals surface area contributed by atoms with Crippen LogP contribution < -0.4 is 10.1 Å². The number of unbranched alkanes of at least 4 members (excludes halogenated alkanes) is 2. The van der Waals surface area contributed by atoms with E-state index in [2.05, 4.69) is 30.4 Å². The van der Waals surface area contributed by atoms with Gasteiger partial charge in [-0.3, -0.25) is 0 Å². The number of aliphatic hydroxyl groups excluding tert-OH is 1. The van der Waals surface area contributed by atoms with Crippen molar-refractivity contribution in [3.8, 4) is 5.75 Å². The van der Waals surface area contributed by atoms with Gasteiger partial charge < -0.3 is 15.2 Å². The first kappa shape index (κ1) is 14.4. The van der Waals surface area contributed by atoms with E-state index in [1.54, 1.807) is 0 Å². The van der Waals surface area contributed by atoms with Crippen molar-refractivity contribution in [2.24, 2.45) is 0 Å². The second-order valence-electron chi connectivity index (χ2n) is 5.11. The Morgan fingerprint density at radius 3 is 3.00 bits per heavy atom. The molecule has 0 bridgehead atoms. The summed E-state index contributed by atoms with van der Waals surface area (Å²) in [5.41, 5.74) is 2.80. The number of hydrogen-bond donors (Lipinski definition) is 2. The highest BCUT2D eigenvalue weighted by atomic mass is 16.5. The molecule has 106 valence electrons. The number of ether oxygens (including phenoxy) is 1. The van der Waals surface area contributed by atoms with Crippen LogP contribution in [0.15, 0.2) is 18.2 Å². The maximum atomic E-state index is 8.74. The van der Waals surface area contributed by atoms with Crippen LogP contribution in [0.1, 0.15) is 49.8 Å². The molecule has 3 heteroatoms. The SMILES string of the molecule is CCNC1CCc2c(OCCCCCO)cccc21. The van der Waals surface area contributed by atoms with Crippen molar-refractivity contribution >= 4 is 0 Å².